The molecular formula is C18H24O4. The molecule has 0 bridgehead atoms. The SMILES string of the molecule is C=CC(O)C#CC#CC=C[C@H](O)CCCCCCCC(=O)O. The van der Waals surface area contributed by atoms with Crippen LogP contribution in [0.3, 0.4) is 0 Å². The lowest BCUT2D eigenvalue weighted by molar-refractivity contribution is -0.137. The van der Waals surface area contributed by atoms with E-state index < -0.39 is 18.2 Å². The molecule has 1 unspecified atom stereocenters. The van der Waals surface area contributed by atoms with E-state index in [1.807, 2.05) is 0 Å². The minimum absolute atomic E-state index is 0.233. The molecule has 4 nitrogen and oxygen atoms in total. The number of hydrogen-bond acceptors (Lipinski definition) is 3. The van der Waals surface area contributed by atoms with E-state index in [1.54, 1.807) is 12.2 Å². The monoisotopic (exact) mass is 304 g/mol. The first-order valence-corrected chi connectivity index (χ1v) is 7.44. The van der Waals surface area contributed by atoms with E-state index in [0.717, 1.165) is 32.1 Å². The number of carboxylic acids is 1. The predicted octanol–water partition coefficient (Wildman–Crippen LogP) is 2.27. The van der Waals surface area contributed by atoms with Gasteiger partial charge in [0.15, 0.2) is 0 Å². The zero-order valence-corrected chi connectivity index (χ0v) is 12.8. The van der Waals surface area contributed by atoms with Crippen molar-refractivity contribution in [3.63, 3.8) is 0 Å². The second-order valence-corrected chi connectivity index (χ2v) is 4.85. The van der Waals surface area contributed by atoms with Crippen LogP contribution in [0.5, 0.6) is 0 Å². The van der Waals surface area contributed by atoms with Crippen LogP contribution < -0.4 is 0 Å². The summed E-state index contributed by atoms with van der Waals surface area (Å²) in [5, 5.41) is 27.2. The highest BCUT2D eigenvalue weighted by Crippen LogP contribution is 2.09. The molecule has 0 radical (unpaired) electrons. The Balaban J connectivity index is 3.68. The maximum absolute atomic E-state index is 10.3. The van der Waals surface area contributed by atoms with Crippen molar-refractivity contribution in [3.8, 4) is 23.7 Å². The predicted molar refractivity (Wildman–Crippen MR) is 86.9 cm³/mol. The van der Waals surface area contributed by atoms with E-state index in [1.165, 1.54) is 6.08 Å². The number of allylic oxidation sites excluding steroid dienone is 1. The fourth-order valence-corrected chi connectivity index (χ4v) is 1.66. The molecule has 0 fully saturated rings. The fourth-order valence-electron chi connectivity index (χ4n) is 1.66. The molecule has 0 saturated carbocycles. The Kier molecular flexibility index (Phi) is 12.7. The Morgan fingerprint density at radius 1 is 1.09 bits per heavy atom. The van der Waals surface area contributed by atoms with E-state index in [-0.39, 0.29) is 6.42 Å². The van der Waals surface area contributed by atoms with Crippen molar-refractivity contribution in [1.82, 2.24) is 0 Å². The molecular weight excluding hydrogens is 280 g/mol. The van der Waals surface area contributed by atoms with Crippen LogP contribution in [0.2, 0.25) is 0 Å². The van der Waals surface area contributed by atoms with Gasteiger partial charge >= 0.3 is 5.97 Å². The standard InChI is InChI=1S/C18H24O4/c1-2-16(19)12-8-6-7-10-14-17(20)13-9-4-3-5-11-15-18(21)22/h2,10,14,16-17,19-20H,1,3-5,9,11,13,15H2,(H,21,22)/t16?,17-/m1/s1. The molecule has 0 aromatic heterocycles. The topological polar surface area (TPSA) is 77.8 Å². The van der Waals surface area contributed by atoms with Gasteiger partial charge in [-0.05, 0) is 36.8 Å². The van der Waals surface area contributed by atoms with Crippen molar-refractivity contribution < 1.29 is 20.1 Å². The van der Waals surface area contributed by atoms with Crippen LogP contribution in [0.25, 0.3) is 0 Å². The van der Waals surface area contributed by atoms with Gasteiger partial charge in [-0.15, -0.1) is 0 Å². The molecule has 0 aliphatic rings. The van der Waals surface area contributed by atoms with Crippen molar-refractivity contribution in [2.24, 2.45) is 0 Å². The van der Waals surface area contributed by atoms with Gasteiger partial charge in [-0.2, -0.15) is 0 Å². The maximum Gasteiger partial charge on any atom is 0.303 e. The third-order valence-corrected chi connectivity index (χ3v) is 2.87. The van der Waals surface area contributed by atoms with Gasteiger partial charge < -0.3 is 15.3 Å². The molecule has 4 heteroatoms. The lowest BCUT2D eigenvalue weighted by Crippen LogP contribution is -2.01. The molecule has 0 saturated heterocycles. The summed E-state index contributed by atoms with van der Waals surface area (Å²) < 4.78 is 0. The van der Waals surface area contributed by atoms with Crippen molar-refractivity contribution in [3.05, 3.63) is 24.8 Å². The summed E-state index contributed by atoms with van der Waals surface area (Å²) >= 11 is 0. The van der Waals surface area contributed by atoms with Gasteiger partial charge in [-0.1, -0.05) is 50.2 Å². The molecule has 0 spiro atoms. The minimum Gasteiger partial charge on any atom is -0.481 e. The number of rotatable bonds is 10. The average molecular weight is 304 g/mol. The van der Waals surface area contributed by atoms with E-state index >= 15 is 0 Å². The smallest absolute Gasteiger partial charge is 0.303 e. The first-order chi connectivity index (χ1) is 10.6. The Bertz CT molecular complexity index is 471. The Labute approximate surface area is 132 Å². The van der Waals surface area contributed by atoms with Gasteiger partial charge in [-0.25, -0.2) is 0 Å². The zero-order chi connectivity index (χ0) is 16.6. The average Bonchev–Trinajstić information content (AvgIpc) is 2.49. The minimum atomic E-state index is -0.862. The molecule has 0 aromatic rings. The van der Waals surface area contributed by atoms with Crippen LogP contribution in [0.15, 0.2) is 24.8 Å². The summed E-state index contributed by atoms with van der Waals surface area (Å²) in [7, 11) is 0. The van der Waals surface area contributed by atoms with Crippen molar-refractivity contribution in [2.45, 2.75) is 57.2 Å². The van der Waals surface area contributed by atoms with Crippen LogP contribution in [0, 0.1) is 23.7 Å². The number of aliphatic carboxylic acids is 1. The lowest BCUT2D eigenvalue weighted by Gasteiger charge is -2.04. The molecule has 0 amide bonds. The molecule has 2 atom stereocenters. The van der Waals surface area contributed by atoms with Gasteiger partial charge in [0, 0.05) is 6.42 Å². The summed E-state index contributed by atoms with van der Waals surface area (Å²) in [4.78, 5) is 10.3. The van der Waals surface area contributed by atoms with Gasteiger partial charge in [0.05, 0.1) is 6.10 Å². The summed E-state index contributed by atoms with van der Waals surface area (Å²) in [6, 6.07) is 0. The molecule has 3 N–H and O–H groups in total. The lowest BCUT2D eigenvalue weighted by atomic mass is 10.1. The molecule has 0 aliphatic carbocycles. The molecule has 22 heavy (non-hydrogen) atoms. The highest BCUT2D eigenvalue weighted by atomic mass is 16.4. The van der Waals surface area contributed by atoms with E-state index in [2.05, 4.69) is 30.3 Å². The number of unbranched alkanes of at least 4 members (excludes halogenated alkanes) is 4. The van der Waals surface area contributed by atoms with Crippen LogP contribution in [0.1, 0.15) is 44.9 Å². The van der Waals surface area contributed by atoms with Crippen molar-refractivity contribution in [1.29, 1.82) is 0 Å². The number of aliphatic hydroxyl groups excluding tert-OH is 2. The van der Waals surface area contributed by atoms with E-state index in [0.29, 0.717) is 6.42 Å². The summed E-state index contributed by atoms with van der Waals surface area (Å²) in [6.45, 7) is 3.38. The molecule has 0 aromatic carbocycles. The second kappa shape index (κ2) is 13.9. The first kappa shape index (κ1) is 20.0. The fraction of sp³-hybridized carbons (Fsp3) is 0.500. The normalized spacial score (nSPS) is 12.6. The number of carboxylic acid groups (broad SMARTS) is 1. The number of hydrogen-bond donors (Lipinski definition) is 3. The van der Waals surface area contributed by atoms with Gasteiger partial charge in [0.1, 0.15) is 6.10 Å². The van der Waals surface area contributed by atoms with Crippen molar-refractivity contribution >= 4 is 5.97 Å². The van der Waals surface area contributed by atoms with Gasteiger partial charge in [0.2, 0.25) is 0 Å². The van der Waals surface area contributed by atoms with Crippen LogP contribution in [0.4, 0.5) is 0 Å². The summed E-state index contributed by atoms with van der Waals surface area (Å²) in [6.07, 6.45) is 8.50. The highest BCUT2D eigenvalue weighted by Gasteiger charge is 1.99. The zero-order valence-electron chi connectivity index (χ0n) is 12.8. The highest BCUT2D eigenvalue weighted by molar-refractivity contribution is 5.66. The third kappa shape index (κ3) is 14.4. The quantitative estimate of drug-likeness (QED) is 0.329. The summed E-state index contributed by atoms with van der Waals surface area (Å²) in [5.74, 6) is 9.40. The van der Waals surface area contributed by atoms with E-state index in [9.17, 15) is 9.90 Å². The molecule has 0 rings (SSSR count). The van der Waals surface area contributed by atoms with Crippen LogP contribution in [-0.2, 0) is 4.79 Å². The Hall–Kier alpha value is -2.01. The number of aliphatic hydroxyl groups is 2. The Morgan fingerprint density at radius 3 is 2.45 bits per heavy atom. The maximum atomic E-state index is 10.3. The first-order valence-electron chi connectivity index (χ1n) is 7.44. The molecule has 0 aliphatic heterocycles. The summed E-state index contributed by atoms with van der Waals surface area (Å²) in [5.41, 5.74) is 0. The van der Waals surface area contributed by atoms with Gasteiger partial charge in [0.25, 0.3) is 0 Å². The largest absolute Gasteiger partial charge is 0.481 e. The van der Waals surface area contributed by atoms with E-state index in [4.69, 9.17) is 10.2 Å². The molecule has 0 heterocycles. The van der Waals surface area contributed by atoms with Crippen LogP contribution in [-0.4, -0.2) is 33.5 Å². The molecule has 120 valence electrons. The number of carbonyl (C=O) groups is 1. The third-order valence-electron chi connectivity index (χ3n) is 2.87. The second-order valence-electron chi connectivity index (χ2n) is 4.85. The van der Waals surface area contributed by atoms with Crippen molar-refractivity contribution in [2.75, 3.05) is 0 Å². The van der Waals surface area contributed by atoms with Crippen LogP contribution >= 0.6 is 0 Å². The van der Waals surface area contributed by atoms with Gasteiger partial charge in [-0.3, -0.25) is 4.79 Å². The Morgan fingerprint density at radius 2 is 1.77 bits per heavy atom.